The third-order valence-corrected chi connectivity index (χ3v) is 7.81. The lowest BCUT2D eigenvalue weighted by Crippen LogP contribution is -2.46. The normalized spacial score (nSPS) is 14.8. The van der Waals surface area contributed by atoms with E-state index in [4.69, 9.17) is 9.97 Å². The van der Waals surface area contributed by atoms with Gasteiger partial charge in [-0.15, -0.1) is 11.3 Å². The quantitative estimate of drug-likeness (QED) is 0.361. The zero-order chi connectivity index (χ0) is 23.1. The van der Waals surface area contributed by atoms with E-state index in [-0.39, 0.29) is 0 Å². The molecule has 1 fully saturated rings. The van der Waals surface area contributed by atoms with Crippen molar-refractivity contribution in [2.45, 2.75) is 20.4 Å². The van der Waals surface area contributed by atoms with Gasteiger partial charge in [-0.05, 0) is 43.2 Å². The standard InChI is InChI=1S/C27H26N6S/c1-18-19(2)34-27-23(18)26(30-25(31-27)21-9-4-10-28-16-21)33-14-12-32(13-15-33)17-22-7-3-6-20-8-5-11-29-24(20)22/h3-11,16H,12-15,17H2,1-2H3. The van der Waals surface area contributed by atoms with Crippen LogP contribution in [0.5, 0.6) is 0 Å². The predicted octanol–water partition coefficient (Wildman–Crippen LogP) is 5.24. The Kier molecular flexibility index (Phi) is 5.43. The summed E-state index contributed by atoms with van der Waals surface area (Å²) in [5.41, 5.74) is 4.64. The topological polar surface area (TPSA) is 58.0 Å². The predicted molar refractivity (Wildman–Crippen MR) is 139 cm³/mol. The van der Waals surface area contributed by atoms with Crippen molar-refractivity contribution in [1.82, 2.24) is 24.8 Å². The molecule has 5 heterocycles. The van der Waals surface area contributed by atoms with Crippen molar-refractivity contribution in [3.05, 3.63) is 77.1 Å². The number of para-hydroxylation sites is 1. The van der Waals surface area contributed by atoms with Gasteiger partial charge in [-0.25, -0.2) is 9.97 Å². The highest BCUT2D eigenvalue weighted by Crippen LogP contribution is 2.37. The summed E-state index contributed by atoms with van der Waals surface area (Å²) in [4.78, 5) is 26.2. The summed E-state index contributed by atoms with van der Waals surface area (Å²) in [5.74, 6) is 1.80. The number of nitrogens with zero attached hydrogens (tertiary/aromatic N) is 6. The summed E-state index contributed by atoms with van der Waals surface area (Å²) in [6.07, 6.45) is 5.51. The van der Waals surface area contributed by atoms with E-state index in [1.807, 2.05) is 30.6 Å². The number of hydrogen-bond acceptors (Lipinski definition) is 7. The first-order chi connectivity index (χ1) is 16.7. The second kappa shape index (κ2) is 8.74. The Balaban J connectivity index is 1.28. The molecule has 6 rings (SSSR count). The van der Waals surface area contributed by atoms with Crippen LogP contribution in [0.15, 0.2) is 61.1 Å². The average Bonchev–Trinajstić information content (AvgIpc) is 3.18. The minimum Gasteiger partial charge on any atom is -0.353 e. The van der Waals surface area contributed by atoms with Crippen LogP contribution in [0.25, 0.3) is 32.5 Å². The first-order valence-electron chi connectivity index (χ1n) is 11.7. The van der Waals surface area contributed by atoms with Crippen molar-refractivity contribution < 1.29 is 0 Å². The van der Waals surface area contributed by atoms with Gasteiger partial charge in [0.05, 0.1) is 10.9 Å². The summed E-state index contributed by atoms with van der Waals surface area (Å²) < 4.78 is 0. The molecule has 0 amide bonds. The van der Waals surface area contributed by atoms with Crippen LogP contribution < -0.4 is 4.90 Å². The maximum absolute atomic E-state index is 5.07. The molecule has 0 radical (unpaired) electrons. The van der Waals surface area contributed by atoms with Gasteiger partial charge in [-0.3, -0.25) is 14.9 Å². The molecule has 0 saturated carbocycles. The van der Waals surface area contributed by atoms with E-state index in [0.29, 0.717) is 0 Å². The maximum Gasteiger partial charge on any atom is 0.164 e. The molecule has 6 nitrogen and oxygen atoms in total. The number of pyridine rings is 2. The maximum atomic E-state index is 5.07. The Hall–Kier alpha value is -3.42. The van der Waals surface area contributed by atoms with Crippen molar-refractivity contribution in [2.75, 3.05) is 31.1 Å². The molecule has 0 N–H and O–H groups in total. The number of rotatable bonds is 4. The van der Waals surface area contributed by atoms with Crippen molar-refractivity contribution >= 4 is 38.3 Å². The fraction of sp³-hybridized carbons (Fsp3) is 0.259. The van der Waals surface area contributed by atoms with Gasteiger partial charge in [-0.2, -0.15) is 0 Å². The fourth-order valence-electron chi connectivity index (χ4n) is 4.74. The van der Waals surface area contributed by atoms with Gasteiger partial charge >= 0.3 is 0 Å². The van der Waals surface area contributed by atoms with Gasteiger partial charge in [0, 0.05) is 67.1 Å². The minimum atomic E-state index is 0.751. The smallest absolute Gasteiger partial charge is 0.164 e. The fourth-order valence-corrected chi connectivity index (χ4v) is 5.76. The van der Waals surface area contributed by atoms with E-state index < -0.39 is 0 Å². The SMILES string of the molecule is Cc1sc2nc(-c3cccnc3)nc(N3CCN(Cc4cccc5cccnc45)CC3)c2c1C. The molecule has 1 aromatic carbocycles. The summed E-state index contributed by atoms with van der Waals surface area (Å²) in [7, 11) is 0. The second-order valence-electron chi connectivity index (χ2n) is 8.83. The first-order valence-corrected chi connectivity index (χ1v) is 12.5. The lowest BCUT2D eigenvalue weighted by Gasteiger charge is -2.36. The number of aromatic nitrogens is 4. The van der Waals surface area contributed by atoms with Crippen LogP contribution in [0, 0.1) is 13.8 Å². The number of fused-ring (bicyclic) bond motifs is 2. The molecule has 4 aromatic heterocycles. The number of thiophene rings is 1. The van der Waals surface area contributed by atoms with E-state index in [2.05, 4.69) is 57.9 Å². The third-order valence-electron chi connectivity index (χ3n) is 6.71. The molecule has 0 unspecified atom stereocenters. The number of piperazine rings is 1. The largest absolute Gasteiger partial charge is 0.353 e. The van der Waals surface area contributed by atoms with Crippen LogP contribution >= 0.6 is 11.3 Å². The van der Waals surface area contributed by atoms with E-state index in [1.54, 1.807) is 17.5 Å². The molecular formula is C27H26N6S. The van der Waals surface area contributed by atoms with Gasteiger partial charge in [0.2, 0.25) is 0 Å². The Morgan fingerprint density at radius 3 is 2.56 bits per heavy atom. The van der Waals surface area contributed by atoms with E-state index in [1.165, 1.54) is 26.8 Å². The Labute approximate surface area is 202 Å². The molecule has 5 aromatic rings. The summed E-state index contributed by atoms with van der Waals surface area (Å²) >= 11 is 1.75. The number of aryl methyl sites for hydroxylation is 2. The molecular weight excluding hydrogens is 440 g/mol. The van der Waals surface area contributed by atoms with E-state index in [9.17, 15) is 0 Å². The molecule has 0 bridgehead atoms. The lowest BCUT2D eigenvalue weighted by molar-refractivity contribution is 0.250. The van der Waals surface area contributed by atoms with E-state index in [0.717, 1.165) is 60.3 Å². The van der Waals surface area contributed by atoms with Gasteiger partial charge in [-0.1, -0.05) is 24.3 Å². The zero-order valence-corrected chi connectivity index (χ0v) is 20.2. The van der Waals surface area contributed by atoms with Crippen molar-refractivity contribution in [2.24, 2.45) is 0 Å². The molecule has 7 heteroatoms. The highest BCUT2D eigenvalue weighted by atomic mass is 32.1. The highest BCUT2D eigenvalue weighted by molar-refractivity contribution is 7.18. The number of anilines is 1. The molecule has 1 aliphatic heterocycles. The minimum absolute atomic E-state index is 0.751. The van der Waals surface area contributed by atoms with Crippen molar-refractivity contribution in [1.29, 1.82) is 0 Å². The highest BCUT2D eigenvalue weighted by Gasteiger charge is 2.24. The Morgan fingerprint density at radius 1 is 0.912 bits per heavy atom. The summed E-state index contributed by atoms with van der Waals surface area (Å²) in [5, 5.41) is 2.40. The van der Waals surface area contributed by atoms with Crippen LogP contribution in [0.2, 0.25) is 0 Å². The molecule has 1 aliphatic rings. The monoisotopic (exact) mass is 466 g/mol. The molecule has 34 heavy (non-hydrogen) atoms. The number of hydrogen-bond donors (Lipinski definition) is 0. The molecule has 170 valence electrons. The van der Waals surface area contributed by atoms with Gasteiger partial charge in [0.25, 0.3) is 0 Å². The van der Waals surface area contributed by atoms with Crippen LogP contribution in [-0.2, 0) is 6.54 Å². The summed E-state index contributed by atoms with van der Waals surface area (Å²) in [6, 6.07) is 14.6. The lowest BCUT2D eigenvalue weighted by atomic mass is 10.1. The third kappa shape index (κ3) is 3.81. The van der Waals surface area contributed by atoms with Gasteiger partial charge in [0.15, 0.2) is 5.82 Å². The molecule has 0 spiro atoms. The van der Waals surface area contributed by atoms with Crippen LogP contribution in [0.1, 0.15) is 16.0 Å². The van der Waals surface area contributed by atoms with Crippen molar-refractivity contribution in [3.8, 4) is 11.4 Å². The number of benzene rings is 1. The average molecular weight is 467 g/mol. The van der Waals surface area contributed by atoms with Crippen LogP contribution in [0.3, 0.4) is 0 Å². The first kappa shape index (κ1) is 21.1. The van der Waals surface area contributed by atoms with E-state index >= 15 is 0 Å². The van der Waals surface area contributed by atoms with Crippen LogP contribution in [0.4, 0.5) is 5.82 Å². The van der Waals surface area contributed by atoms with Gasteiger partial charge in [0.1, 0.15) is 10.6 Å². The van der Waals surface area contributed by atoms with Gasteiger partial charge < -0.3 is 4.90 Å². The van der Waals surface area contributed by atoms with Crippen LogP contribution in [-0.4, -0.2) is 51.0 Å². The Bertz CT molecular complexity index is 1470. The molecule has 0 atom stereocenters. The second-order valence-corrected chi connectivity index (χ2v) is 10.0. The molecule has 0 aliphatic carbocycles. The van der Waals surface area contributed by atoms with Crippen molar-refractivity contribution in [3.63, 3.8) is 0 Å². The Morgan fingerprint density at radius 2 is 1.74 bits per heavy atom. The summed E-state index contributed by atoms with van der Waals surface area (Å²) in [6.45, 7) is 9.12. The molecule has 1 saturated heterocycles. The zero-order valence-electron chi connectivity index (χ0n) is 19.4.